The van der Waals surface area contributed by atoms with Crippen molar-refractivity contribution in [1.29, 1.82) is 0 Å². The molecule has 1 saturated heterocycles. The molecule has 0 aromatic heterocycles. The van der Waals surface area contributed by atoms with Crippen molar-refractivity contribution in [2.24, 2.45) is 16.7 Å². The summed E-state index contributed by atoms with van der Waals surface area (Å²) in [5.74, 6) is 0.480. The van der Waals surface area contributed by atoms with Crippen LogP contribution in [-0.4, -0.2) is 46.6 Å². The molecule has 0 spiro atoms. The maximum absolute atomic E-state index is 13.4. The van der Waals surface area contributed by atoms with E-state index in [0.717, 1.165) is 51.6 Å². The highest BCUT2D eigenvalue weighted by Gasteiger charge is 2.61. The first-order valence-corrected chi connectivity index (χ1v) is 13.7. The Morgan fingerprint density at radius 2 is 1.66 bits per heavy atom. The smallest absolute Gasteiger partial charge is 0.251 e. The van der Waals surface area contributed by atoms with E-state index in [4.69, 9.17) is 0 Å². The maximum Gasteiger partial charge on any atom is 0.251 e. The molecule has 4 atom stereocenters. The first kappa shape index (κ1) is 26.2. The van der Waals surface area contributed by atoms with E-state index in [1.807, 2.05) is 24.0 Å². The molecular weight excluding hydrogens is 436 g/mol. The lowest BCUT2D eigenvalue weighted by Gasteiger charge is -2.51. The topological polar surface area (TPSA) is 69.6 Å². The van der Waals surface area contributed by atoms with Gasteiger partial charge >= 0.3 is 0 Å². The van der Waals surface area contributed by atoms with Crippen molar-refractivity contribution in [3.8, 4) is 0 Å². The fraction of sp³-hybridized carbons (Fsp3) is 0.733. The molecule has 3 fully saturated rings. The Kier molecular flexibility index (Phi) is 6.89. The lowest BCUT2D eigenvalue weighted by atomic mass is 9.57. The highest BCUT2D eigenvalue weighted by molar-refractivity contribution is 5.94. The van der Waals surface area contributed by atoms with Crippen LogP contribution in [0.25, 0.3) is 0 Å². The predicted octanol–water partition coefficient (Wildman–Crippen LogP) is 5.45. The van der Waals surface area contributed by atoms with E-state index in [2.05, 4.69) is 52.1 Å². The Hall–Kier alpha value is -1.88. The minimum absolute atomic E-state index is 0.000212. The van der Waals surface area contributed by atoms with Crippen molar-refractivity contribution >= 4 is 11.8 Å². The van der Waals surface area contributed by atoms with Crippen LogP contribution in [0.2, 0.25) is 0 Å². The van der Waals surface area contributed by atoms with Gasteiger partial charge in [0.1, 0.15) is 0 Å². The molecule has 2 N–H and O–H groups in total. The first-order chi connectivity index (χ1) is 16.2. The molecule has 0 radical (unpaired) electrons. The van der Waals surface area contributed by atoms with Gasteiger partial charge < -0.3 is 15.3 Å². The molecule has 1 aromatic carbocycles. The van der Waals surface area contributed by atoms with Crippen LogP contribution in [0.3, 0.4) is 0 Å². The van der Waals surface area contributed by atoms with Gasteiger partial charge in [0.15, 0.2) is 0 Å². The zero-order valence-corrected chi connectivity index (χ0v) is 22.7. The molecule has 0 bridgehead atoms. The lowest BCUT2D eigenvalue weighted by Crippen LogP contribution is -2.52. The summed E-state index contributed by atoms with van der Waals surface area (Å²) in [4.78, 5) is 28.5. The molecule has 2 saturated carbocycles. The number of hydrogen-bond donors (Lipinski definition) is 2. The molecule has 1 aromatic rings. The Labute approximate surface area is 212 Å². The largest absolute Gasteiger partial charge is 0.390 e. The Morgan fingerprint density at radius 3 is 2.26 bits per heavy atom. The second kappa shape index (κ2) is 9.21. The quantitative estimate of drug-likeness (QED) is 0.586. The zero-order chi connectivity index (χ0) is 25.6. The SMILES string of the molecule is CC(C)(C)c1ccc(C(=O)N[C@H]2CC(C)(C)[C@@H]3C[C@](C)(O)CC[C@@]23CCC(=O)N2CCCC2)cc1. The van der Waals surface area contributed by atoms with Crippen LogP contribution in [-0.2, 0) is 10.2 Å². The molecule has 2 aliphatic carbocycles. The van der Waals surface area contributed by atoms with Gasteiger partial charge in [-0.05, 0) is 91.7 Å². The number of benzene rings is 1. The normalized spacial score (nSPS) is 32.4. The van der Waals surface area contributed by atoms with Gasteiger partial charge in [-0.3, -0.25) is 9.59 Å². The fourth-order valence-electron chi connectivity index (χ4n) is 7.26. The second-order valence-corrected chi connectivity index (χ2v) is 13.6. The van der Waals surface area contributed by atoms with Crippen molar-refractivity contribution in [1.82, 2.24) is 10.2 Å². The third kappa shape index (κ3) is 5.30. The summed E-state index contributed by atoms with van der Waals surface area (Å²) in [6, 6.07) is 7.97. The summed E-state index contributed by atoms with van der Waals surface area (Å²) in [6.45, 7) is 14.8. The second-order valence-electron chi connectivity index (χ2n) is 13.6. The van der Waals surface area contributed by atoms with E-state index in [-0.39, 0.29) is 40.0 Å². The number of aliphatic hydroxyl groups is 1. The van der Waals surface area contributed by atoms with E-state index >= 15 is 0 Å². The standard InChI is InChI=1S/C30H46N2O3/c1-27(2,3)22-11-9-21(10-12-22)26(34)31-24-20-28(4,5)23-19-29(6,35)15-16-30(23,24)14-13-25(33)32-17-7-8-18-32/h9-12,23-24,35H,7-8,13-20H2,1-6H3,(H,31,34)/t23-,24-,29+,30+/m0/s1. The lowest BCUT2D eigenvalue weighted by molar-refractivity contribution is -0.132. The van der Waals surface area contributed by atoms with Crippen molar-refractivity contribution in [3.05, 3.63) is 35.4 Å². The van der Waals surface area contributed by atoms with Crippen LogP contribution in [0.15, 0.2) is 24.3 Å². The first-order valence-electron chi connectivity index (χ1n) is 13.7. The van der Waals surface area contributed by atoms with Gasteiger partial charge in [-0.2, -0.15) is 0 Å². The minimum atomic E-state index is -0.688. The number of hydrogen-bond acceptors (Lipinski definition) is 3. The molecule has 5 nitrogen and oxygen atoms in total. The van der Waals surface area contributed by atoms with Gasteiger partial charge in [-0.1, -0.05) is 46.8 Å². The van der Waals surface area contributed by atoms with E-state index in [9.17, 15) is 14.7 Å². The maximum atomic E-state index is 13.4. The van der Waals surface area contributed by atoms with Crippen LogP contribution in [0.5, 0.6) is 0 Å². The van der Waals surface area contributed by atoms with Crippen molar-refractivity contribution in [2.75, 3.05) is 13.1 Å². The number of nitrogens with zero attached hydrogens (tertiary/aromatic N) is 1. The molecule has 0 unspecified atom stereocenters. The molecule has 5 heteroatoms. The van der Waals surface area contributed by atoms with Crippen LogP contribution in [0, 0.1) is 16.7 Å². The molecule has 35 heavy (non-hydrogen) atoms. The highest BCUT2D eigenvalue weighted by atomic mass is 16.3. The minimum Gasteiger partial charge on any atom is -0.390 e. The van der Waals surface area contributed by atoms with Crippen LogP contribution < -0.4 is 5.32 Å². The van der Waals surface area contributed by atoms with Gasteiger partial charge in [0.05, 0.1) is 5.60 Å². The van der Waals surface area contributed by atoms with Gasteiger partial charge in [-0.15, -0.1) is 0 Å². The number of fused-ring (bicyclic) bond motifs is 1. The number of likely N-dealkylation sites (tertiary alicyclic amines) is 1. The summed E-state index contributed by atoms with van der Waals surface area (Å²) < 4.78 is 0. The van der Waals surface area contributed by atoms with Gasteiger partial charge in [0.2, 0.25) is 5.91 Å². The molecular formula is C30H46N2O3. The molecule has 4 rings (SSSR count). The monoisotopic (exact) mass is 482 g/mol. The predicted molar refractivity (Wildman–Crippen MR) is 140 cm³/mol. The van der Waals surface area contributed by atoms with Gasteiger partial charge in [0.25, 0.3) is 5.91 Å². The molecule has 1 aliphatic heterocycles. The summed E-state index contributed by atoms with van der Waals surface area (Å²) in [5.41, 5.74) is 1.07. The third-order valence-corrected chi connectivity index (χ3v) is 9.42. The molecule has 2 amide bonds. The van der Waals surface area contributed by atoms with Gasteiger partial charge in [0, 0.05) is 31.1 Å². The van der Waals surface area contributed by atoms with E-state index in [1.54, 1.807) is 0 Å². The molecule has 194 valence electrons. The van der Waals surface area contributed by atoms with E-state index in [1.165, 1.54) is 5.56 Å². The van der Waals surface area contributed by atoms with Crippen molar-refractivity contribution in [2.45, 2.75) is 110 Å². The number of carbonyl (C=O) groups is 2. The zero-order valence-electron chi connectivity index (χ0n) is 22.7. The Balaban J connectivity index is 1.57. The highest BCUT2D eigenvalue weighted by Crippen LogP contribution is 2.64. The molecule has 3 aliphatic rings. The summed E-state index contributed by atoms with van der Waals surface area (Å²) in [7, 11) is 0. The van der Waals surface area contributed by atoms with E-state index in [0.29, 0.717) is 18.4 Å². The molecule has 1 heterocycles. The number of rotatable bonds is 5. The number of nitrogens with one attached hydrogen (secondary N) is 1. The average molecular weight is 483 g/mol. The van der Waals surface area contributed by atoms with E-state index < -0.39 is 5.60 Å². The van der Waals surface area contributed by atoms with Crippen molar-refractivity contribution in [3.63, 3.8) is 0 Å². The van der Waals surface area contributed by atoms with Crippen LogP contribution in [0.4, 0.5) is 0 Å². The Bertz CT molecular complexity index is 937. The number of carbonyl (C=O) groups excluding carboxylic acids is 2. The summed E-state index contributed by atoms with van der Waals surface area (Å²) >= 11 is 0. The Morgan fingerprint density at radius 1 is 1.03 bits per heavy atom. The number of amides is 2. The van der Waals surface area contributed by atoms with Crippen LogP contribution in [0.1, 0.15) is 109 Å². The van der Waals surface area contributed by atoms with Crippen LogP contribution >= 0.6 is 0 Å². The summed E-state index contributed by atoms with van der Waals surface area (Å²) in [5, 5.41) is 14.4. The van der Waals surface area contributed by atoms with Crippen molar-refractivity contribution < 1.29 is 14.7 Å². The summed E-state index contributed by atoms with van der Waals surface area (Å²) in [6.07, 6.45) is 6.66. The average Bonchev–Trinajstić information content (AvgIpc) is 3.38. The fourth-order valence-corrected chi connectivity index (χ4v) is 7.26. The van der Waals surface area contributed by atoms with Gasteiger partial charge in [-0.25, -0.2) is 0 Å². The third-order valence-electron chi connectivity index (χ3n) is 9.42.